The minimum Gasteiger partial charge on any atom is -0.301 e. The van der Waals surface area contributed by atoms with Crippen molar-refractivity contribution in [2.24, 2.45) is 5.10 Å². The van der Waals surface area contributed by atoms with Crippen molar-refractivity contribution < 1.29 is 4.92 Å². The topological polar surface area (TPSA) is 133 Å². The van der Waals surface area contributed by atoms with Crippen molar-refractivity contribution in [2.75, 3.05) is 5.43 Å². The molecule has 0 saturated heterocycles. The number of hydrogen-bond acceptors (Lipinski definition) is 6. The smallest absolute Gasteiger partial charge is 0.301 e. The normalized spacial score (nSPS) is 11.1. The van der Waals surface area contributed by atoms with Gasteiger partial charge in [-0.1, -0.05) is 48.5 Å². The Hall–Kier alpha value is -4.27. The van der Waals surface area contributed by atoms with Crippen LogP contribution in [0.3, 0.4) is 0 Å². The first kappa shape index (κ1) is 18.5. The SMILES string of the molecule is O=c1[nH]c(C=Cc2ccc(C=NNc3ccccc3)cc2)c([N+](=O)[O-])c(=O)[nH]1. The zero-order valence-corrected chi connectivity index (χ0v) is 14.5. The maximum absolute atomic E-state index is 11.6. The van der Waals surface area contributed by atoms with E-state index in [1.807, 2.05) is 47.4 Å². The van der Waals surface area contributed by atoms with E-state index >= 15 is 0 Å². The third kappa shape index (κ3) is 4.67. The lowest BCUT2D eigenvalue weighted by Gasteiger charge is -1.99. The largest absolute Gasteiger partial charge is 0.357 e. The highest BCUT2D eigenvalue weighted by atomic mass is 16.6. The summed E-state index contributed by atoms with van der Waals surface area (Å²) in [4.78, 5) is 37.2. The molecule has 0 spiro atoms. The molecule has 0 bridgehead atoms. The fourth-order valence-corrected chi connectivity index (χ4v) is 2.37. The Kier molecular flexibility index (Phi) is 5.56. The van der Waals surface area contributed by atoms with Gasteiger partial charge in [-0.05, 0) is 29.3 Å². The Morgan fingerprint density at radius 2 is 1.61 bits per heavy atom. The number of para-hydroxylation sites is 1. The van der Waals surface area contributed by atoms with Crippen LogP contribution in [-0.2, 0) is 0 Å². The van der Waals surface area contributed by atoms with E-state index in [-0.39, 0.29) is 5.69 Å². The molecule has 3 rings (SSSR count). The summed E-state index contributed by atoms with van der Waals surface area (Å²) in [6.07, 6.45) is 4.52. The maximum Gasteiger partial charge on any atom is 0.357 e. The van der Waals surface area contributed by atoms with Gasteiger partial charge in [0.05, 0.1) is 16.8 Å². The number of anilines is 1. The number of benzene rings is 2. The molecule has 0 aliphatic carbocycles. The zero-order valence-electron chi connectivity index (χ0n) is 14.5. The number of H-pyrrole nitrogens is 2. The van der Waals surface area contributed by atoms with Crippen LogP contribution in [0.25, 0.3) is 12.2 Å². The molecule has 9 heteroatoms. The maximum atomic E-state index is 11.6. The number of nitrogens with zero attached hydrogens (tertiary/aromatic N) is 2. The van der Waals surface area contributed by atoms with E-state index in [0.29, 0.717) is 0 Å². The Morgan fingerprint density at radius 3 is 2.29 bits per heavy atom. The Balaban J connectivity index is 1.73. The van der Waals surface area contributed by atoms with Gasteiger partial charge in [-0.3, -0.25) is 25.3 Å². The number of nitro groups is 1. The number of aromatic amines is 2. The van der Waals surface area contributed by atoms with Crippen molar-refractivity contribution in [3.63, 3.8) is 0 Å². The second-order valence-electron chi connectivity index (χ2n) is 5.66. The molecule has 28 heavy (non-hydrogen) atoms. The third-order valence-electron chi connectivity index (χ3n) is 3.69. The molecule has 2 aromatic carbocycles. The molecular weight excluding hydrogens is 362 g/mol. The van der Waals surface area contributed by atoms with Gasteiger partial charge in [0.15, 0.2) is 0 Å². The van der Waals surface area contributed by atoms with Crippen LogP contribution in [0.4, 0.5) is 11.4 Å². The highest BCUT2D eigenvalue weighted by Crippen LogP contribution is 2.13. The van der Waals surface area contributed by atoms with E-state index in [2.05, 4.69) is 15.5 Å². The molecule has 0 aliphatic heterocycles. The Morgan fingerprint density at radius 1 is 0.929 bits per heavy atom. The summed E-state index contributed by atoms with van der Waals surface area (Å²) in [5.41, 5.74) is 2.60. The summed E-state index contributed by atoms with van der Waals surface area (Å²) in [5, 5.41) is 15.2. The summed E-state index contributed by atoms with van der Waals surface area (Å²) in [7, 11) is 0. The van der Waals surface area contributed by atoms with Crippen LogP contribution in [-0.4, -0.2) is 21.1 Å². The molecule has 0 radical (unpaired) electrons. The van der Waals surface area contributed by atoms with Crippen LogP contribution in [0, 0.1) is 10.1 Å². The number of hydrazone groups is 1. The zero-order chi connectivity index (χ0) is 19.9. The number of nitrogens with one attached hydrogen (secondary N) is 3. The average molecular weight is 377 g/mol. The van der Waals surface area contributed by atoms with Crippen LogP contribution in [0.1, 0.15) is 16.8 Å². The first-order chi connectivity index (χ1) is 13.5. The second-order valence-corrected chi connectivity index (χ2v) is 5.66. The predicted molar refractivity (Wildman–Crippen MR) is 107 cm³/mol. The fraction of sp³-hybridized carbons (Fsp3) is 0. The van der Waals surface area contributed by atoms with Crippen LogP contribution in [0.5, 0.6) is 0 Å². The van der Waals surface area contributed by atoms with Crippen molar-refractivity contribution in [3.8, 4) is 0 Å². The van der Waals surface area contributed by atoms with Gasteiger partial charge in [0.25, 0.3) is 0 Å². The van der Waals surface area contributed by atoms with Gasteiger partial charge in [-0.2, -0.15) is 5.10 Å². The molecule has 1 aromatic heterocycles. The molecule has 0 amide bonds. The lowest BCUT2D eigenvalue weighted by atomic mass is 10.1. The van der Waals surface area contributed by atoms with E-state index in [4.69, 9.17) is 0 Å². The lowest BCUT2D eigenvalue weighted by molar-refractivity contribution is -0.386. The van der Waals surface area contributed by atoms with Crippen molar-refractivity contribution >= 4 is 29.7 Å². The van der Waals surface area contributed by atoms with E-state index < -0.39 is 21.9 Å². The molecule has 1 heterocycles. The van der Waals surface area contributed by atoms with Crippen LogP contribution < -0.4 is 16.7 Å². The number of aromatic nitrogens is 2. The summed E-state index contributed by atoms with van der Waals surface area (Å²) in [5.74, 6) is 0. The van der Waals surface area contributed by atoms with Gasteiger partial charge < -0.3 is 4.98 Å². The first-order valence-electron chi connectivity index (χ1n) is 8.16. The molecule has 140 valence electrons. The van der Waals surface area contributed by atoms with E-state index in [9.17, 15) is 19.7 Å². The molecule has 3 N–H and O–H groups in total. The highest BCUT2D eigenvalue weighted by Gasteiger charge is 2.18. The number of rotatable bonds is 6. The van der Waals surface area contributed by atoms with E-state index in [1.54, 1.807) is 24.4 Å². The van der Waals surface area contributed by atoms with E-state index in [0.717, 1.165) is 16.8 Å². The van der Waals surface area contributed by atoms with Crippen molar-refractivity contribution in [3.05, 3.63) is 102 Å². The van der Waals surface area contributed by atoms with Gasteiger partial charge in [-0.25, -0.2) is 4.79 Å². The number of hydrogen-bond donors (Lipinski definition) is 3. The molecule has 3 aromatic rings. The monoisotopic (exact) mass is 377 g/mol. The lowest BCUT2D eigenvalue weighted by Crippen LogP contribution is -2.25. The first-order valence-corrected chi connectivity index (χ1v) is 8.16. The minimum absolute atomic E-state index is 0.170. The van der Waals surface area contributed by atoms with Gasteiger partial charge in [0, 0.05) is 0 Å². The van der Waals surface area contributed by atoms with Crippen LogP contribution >= 0.6 is 0 Å². The molecule has 0 unspecified atom stereocenters. The van der Waals surface area contributed by atoms with Gasteiger partial charge in [0.2, 0.25) is 0 Å². The van der Waals surface area contributed by atoms with Crippen LogP contribution in [0.2, 0.25) is 0 Å². The minimum atomic E-state index is -1.05. The Bertz CT molecular complexity index is 1150. The molecule has 9 nitrogen and oxygen atoms in total. The molecule has 0 saturated carbocycles. The summed E-state index contributed by atoms with van der Waals surface area (Å²) >= 11 is 0. The highest BCUT2D eigenvalue weighted by molar-refractivity contribution is 5.81. The summed E-state index contributed by atoms with van der Waals surface area (Å²) in [6, 6.07) is 16.7. The predicted octanol–water partition coefficient (Wildman–Crippen LogP) is 2.59. The van der Waals surface area contributed by atoms with Crippen molar-refractivity contribution in [2.45, 2.75) is 0 Å². The van der Waals surface area contributed by atoms with Crippen LogP contribution in [0.15, 0.2) is 69.3 Å². The molecule has 0 aliphatic rings. The quantitative estimate of drug-likeness (QED) is 0.345. The summed E-state index contributed by atoms with van der Waals surface area (Å²) in [6.45, 7) is 0. The van der Waals surface area contributed by atoms with Crippen molar-refractivity contribution in [1.29, 1.82) is 0 Å². The van der Waals surface area contributed by atoms with E-state index in [1.165, 1.54) is 6.08 Å². The molecule has 0 atom stereocenters. The molecular formula is C19H15N5O4. The average Bonchev–Trinajstić information content (AvgIpc) is 2.67. The third-order valence-corrected chi connectivity index (χ3v) is 3.69. The second kappa shape index (κ2) is 8.41. The standard InChI is InChI=1S/C19H15N5O4/c25-18-17(24(27)28)16(21-19(26)22-18)11-10-13-6-8-14(9-7-13)12-20-23-15-4-2-1-3-5-15/h1-12,23H,(H2,21,22,25,26). The molecule has 0 fully saturated rings. The van der Waals surface area contributed by atoms with Gasteiger partial charge >= 0.3 is 16.9 Å². The Labute approximate surface area is 158 Å². The van der Waals surface area contributed by atoms with Gasteiger partial charge in [-0.15, -0.1) is 0 Å². The van der Waals surface area contributed by atoms with Gasteiger partial charge in [0.1, 0.15) is 5.69 Å². The van der Waals surface area contributed by atoms with Crippen molar-refractivity contribution in [1.82, 2.24) is 9.97 Å². The summed E-state index contributed by atoms with van der Waals surface area (Å²) < 4.78 is 0. The fourth-order valence-electron chi connectivity index (χ4n) is 2.37.